The molecule has 2 heterocycles. The number of nitrogens with zero attached hydrogens (tertiary/aromatic N) is 3. The Kier molecular flexibility index (Phi) is 5.76. The van der Waals surface area contributed by atoms with Crippen molar-refractivity contribution in [2.45, 2.75) is 25.8 Å². The number of carbonyl (C=O) groups is 2. The number of hydrogen-bond acceptors (Lipinski definition) is 4. The number of primary amides is 1. The molecule has 2 N–H and O–H groups in total. The first kappa shape index (κ1) is 18.6. The van der Waals surface area contributed by atoms with E-state index in [1.807, 2.05) is 11.8 Å². The maximum Gasteiger partial charge on any atom is 0.239 e. The van der Waals surface area contributed by atoms with Gasteiger partial charge in [0.2, 0.25) is 11.8 Å². The summed E-state index contributed by atoms with van der Waals surface area (Å²) < 4.78 is 13.1. The van der Waals surface area contributed by atoms with Gasteiger partial charge in [-0.05, 0) is 44.0 Å². The number of hydrogen-bond donors (Lipinski definition) is 1. The molecule has 26 heavy (non-hydrogen) atoms. The Morgan fingerprint density at radius 1 is 1.04 bits per heavy atom. The molecule has 0 bridgehead atoms. The van der Waals surface area contributed by atoms with E-state index in [-0.39, 0.29) is 29.6 Å². The van der Waals surface area contributed by atoms with E-state index in [1.54, 1.807) is 12.1 Å². The standard InChI is InChI=1S/C19H27FN4O2/c1-14(19(26)24-8-6-15(7-9-24)18(21)25)22-10-12-23(13-11-22)17-4-2-16(20)3-5-17/h2-5,14-15H,6-13H2,1H3,(H2,21,25). The van der Waals surface area contributed by atoms with Crippen LogP contribution in [0.4, 0.5) is 10.1 Å². The lowest BCUT2D eigenvalue weighted by molar-refractivity contribution is -0.139. The zero-order valence-electron chi connectivity index (χ0n) is 15.2. The number of likely N-dealkylation sites (tertiary alicyclic amines) is 1. The van der Waals surface area contributed by atoms with Gasteiger partial charge in [-0.2, -0.15) is 0 Å². The number of piperazine rings is 1. The van der Waals surface area contributed by atoms with Crippen LogP contribution in [0.3, 0.4) is 0 Å². The Bertz CT molecular complexity index is 635. The highest BCUT2D eigenvalue weighted by Gasteiger charge is 2.32. The number of anilines is 1. The molecule has 1 unspecified atom stereocenters. The Morgan fingerprint density at radius 2 is 1.62 bits per heavy atom. The lowest BCUT2D eigenvalue weighted by Gasteiger charge is -2.40. The molecule has 2 saturated heterocycles. The second kappa shape index (κ2) is 8.03. The topological polar surface area (TPSA) is 69.9 Å². The molecule has 6 nitrogen and oxygen atoms in total. The van der Waals surface area contributed by atoms with Gasteiger partial charge in [0.15, 0.2) is 0 Å². The normalized spacial score (nSPS) is 20.8. The van der Waals surface area contributed by atoms with Crippen LogP contribution in [0.5, 0.6) is 0 Å². The third-order valence-electron chi connectivity index (χ3n) is 5.62. The van der Waals surface area contributed by atoms with Gasteiger partial charge >= 0.3 is 0 Å². The predicted octanol–water partition coefficient (Wildman–Crippen LogP) is 1.06. The maximum atomic E-state index is 13.1. The van der Waals surface area contributed by atoms with Crippen molar-refractivity contribution in [2.24, 2.45) is 11.7 Å². The highest BCUT2D eigenvalue weighted by molar-refractivity contribution is 5.82. The fraction of sp³-hybridized carbons (Fsp3) is 0.579. The number of carbonyl (C=O) groups excluding carboxylic acids is 2. The molecular weight excluding hydrogens is 335 g/mol. The summed E-state index contributed by atoms with van der Waals surface area (Å²) in [5, 5.41) is 0. The van der Waals surface area contributed by atoms with Crippen LogP contribution >= 0.6 is 0 Å². The number of piperidine rings is 1. The van der Waals surface area contributed by atoms with E-state index >= 15 is 0 Å². The van der Waals surface area contributed by atoms with Crippen molar-refractivity contribution in [1.29, 1.82) is 0 Å². The number of benzene rings is 1. The smallest absolute Gasteiger partial charge is 0.239 e. The van der Waals surface area contributed by atoms with E-state index in [4.69, 9.17) is 5.73 Å². The molecule has 2 aliphatic heterocycles. The first-order chi connectivity index (χ1) is 12.5. The molecule has 0 saturated carbocycles. The monoisotopic (exact) mass is 362 g/mol. The summed E-state index contributed by atoms with van der Waals surface area (Å²) in [5.74, 6) is -0.467. The predicted molar refractivity (Wildman–Crippen MR) is 98.1 cm³/mol. The summed E-state index contributed by atoms with van der Waals surface area (Å²) in [5.41, 5.74) is 6.37. The van der Waals surface area contributed by atoms with Gasteiger partial charge in [-0.25, -0.2) is 4.39 Å². The van der Waals surface area contributed by atoms with E-state index in [2.05, 4.69) is 9.80 Å². The molecule has 0 aromatic heterocycles. The third kappa shape index (κ3) is 4.15. The van der Waals surface area contributed by atoms with Crippen LogP contribution in [0.1, 0.15) is 19.8 Å². The summed E-state index contributed by atoms with van der Waals surface area (Å²) in [7, 11) is 0. The van der Waals surface area contributed by atoms with Gasteiger partial charge in [-0.3, -0.25) is 14.5 Å². The largest absolute Gasteiger partial charge is 0.369 e. The quantitative estimate of drug-likeness (QED) is 0.870. The molecule has 0 aliphatic carbocycles. The van der Waals surface area contributed by atoms with Crippen LogP contribution in [0.25, 0.3) is 0 Å². The van der Waals surface area contributed by atoms with Crippen LogP contribution in [-0.2, 0) is 9.59 Å². The van der Waals surface area contributed by atoms with Gasteiger partial charge in [0.05, 0.1) is 6.04 Å². The molecule has 1 atom stereocenters. The van der Waals surface area contributed by atoms with E-state index in [9.17, 15) is 14.0 Å². The number of nitrogens with two attached hydrogens (primary N) is 1. The lowest BCUT2D eigenvalue weighted by atomic mass is 9.96. The summed E-state index contributed by atoms with van der Waals surface area (Å²) in [6, 6.07) is 6.37. The van der Waals surface area contributed by atoms with Crippen molar-refractivity contribution in [3.05, 3.63) is 30.1 Å². The molecular formula is C19H27FN4O2. The highest BCUT2D eigenvalue weighted by Crippen LogP contribution is 2.20. The molecule has 2 amide bonds. The third-order valence-corrected chi connectivity index (χ3v) is 5.62. The first-order valence-corrected chi connectivity index (χ1v) is 9.28. The Hall–Kier alpha value is -2.15. The van der Waals surface area contributed by atoms with Gasteiger partial charge < -0.3 is 15.5 Å². The van der Waals surface area contributed by atoms with Crippen molar-refractivity contribution in [3.8, 4) is 0 Å². The van der Waals surface area contributed by atoms with Crippen LogP contribution in [0.15, 0.2) is 24.3 Å². The molecule has 7 heteroatoms. The summed E-state index contributed by atoms with van der Waals surface area (Å²) in [6.07, 6.45) is 1.32. The summed E-state index contributed by atoms with van der Waals surface area (Å²) in [4.78, 5) is 30.3. The van der Waals surface area contributed by atoms with Gasteiger partial charge in [-0.15, -0.1) is 0 Å². The molecule has 2 aliphatic rings. The van der Waals surface area contributed by atoms with Crippen LogP contribution in [0, 0.1) is 11.7 Å². The average Bonchev–Trinajstić information content (AvgIpc) is 2.67. The minimum atomic E-state index is -0.262. The second-order valence-electron chi connectivity index (χ2n) is 7.18. The van der Waals surface area contributed by atoms with Gasteiger partial charge in [0, 0.05) is 50.9 Å². The van der Waals surface area contributed by atoms with E-state index in [0.717, 1.165) is 31.9 Å². The minimum absolute atomic E-state index is 0.103. The van der Waals surface area contributed by atoms with E-state index in [0.29, 0.717) is 25.9 Å². The van der Waals surface area contributed by atoms with Crippen molar-refractivity contribution in [3.63, 3.8) is 0 Å². The van der Waals surface area contributed by atoms with Crippen LogP contribution < -0.4 is 10.6 Å². The van der Waals surface area contributed by atoms with Gasteiger partial charge in [0.1, 0.15) is 5.82 Å². The fourth-order valence-corrected chi connectivity index (χ4v) is 3.82. The second-order valence-corrected chi connectivity index (χ2v) is 7.18. The highest BCUT2D eigenvalue weighted by atomic mass is 19.1. The van der Waals surface area contributed by atoms with Crippen molar-refractivity contribution in [2.75, 3.05) is 44.2 Å². The molecule has 1 aromatic rings. The molecule has 0 spiro atoms. The van der Waals surface area contributed by atoms with Crippen molar-refractivity contribution >= 4 is 17.5 Å². The van der Waals surface area contributed by atoms with E-state index < -0.39 is 0 Å². The van der Waals surface area contributed by atoms with Crippen LogP contribution in [-0.4, -0.2) is 66.9 Å². The zero-order chi connectivity index (χ0) is 18.7. The minimum Gasteiger partial charge on any atom is -0.369 e. The SMILES string of the molecule is CC(C(=O)N1CCC(C(N)=O)CC1)N1CCN(c2ccc(F)cc2)CC1. The van der Waals surface area contributed by atoms with Crippen molar-refractivity contribution in [1.82, 2.24) is 9.80 Å². The number of amides is 2. The summed E-state index contributed by atoms with van der Waals surface area (Å²) in [6.45, 7) is 6.37. The van der Waals surface area contributed by atoms with E-state index in [1.165, 1.54) is 12.1 Å². The summed E-state index contributed by atoms with van der Waals surface area (Å²) >= 11 is 0. The lowest BCUT2D eigenvalue weighted by Crippen LogP contribution is -2.55. The molecule has 2 fully saturated rings. The average molecular weight is 362 g/mol. The maximum absolute atomic E-state index is 13.1. The first-order valence-electron chi connectivity index (χ1n) is 9.28. The fourth-order valence-electron chi connectivity index (χ4n) is 3.82. The Morgan fingerprint density at radius 3 is 2.15 bits per heavy atom. The number of rotatable bonds is 4. The Labute approximate surface area is 153 Å². The Balaban J connectivity index is 1.50. The molecule has 3 rings (SSSR count). The molecule has 142 valence electrons. The van der Waals surface area contributed by atoms with Gasteiger partial charge in [0.25, 0.3) is 0 Å². The van der Waals surface area contributed by atoms with Crippen LogP contribution in [0.2, 0.25) is 0 Å². The van der Waals surface area contributed by atoms with Crippen molar-refractivity contribution < 1.29 is 14.0 Å². The molecule has 1 aromatic carbocycles. The molecule has 0 radical (unpaired) electrons. The zero-order valence-corrected chi connectivity index (χ0v) is 15.2. The van der Waals surface area contributed by atoms with Gasteiger partial charge in [-0.1, -0.05) is 0 Å². The number of halogens is 1.